The van der Waals surface area contributed by atoms with Gasteiger partial charge in [0.1, 0.15) is 5.82 Å². The Morgan fingerprint density at radius 3 is 2.91 bits per heavy atom. The first-order valence-corrected chi connectivity index (χ1v) is 7.94. The summed E-state index contributed by atoms with van der Waals surface area (Å²) in [7, 11) is 0. The Labute approximate surface area is 141 Å². The highest BCUT2D eigenvalue weighted by Gasteiger charge is 2.14. The number of aromatic nitrogens is 3. The Bertz CT molecular complexity index is 820. The predicted molar refractivity (Wildman–Crippen MR) is 91.3 cm³/mol. The molecule has 0 bridgehead atoms. The van der Waals surface area contributed by atoms with Crippen LogP contribution in [0.2, 0.25) is 5.02 Å². The third-order valence-electron chi connectivity index (χ3n) is 3.25. The molecule has 0 aliphatic carbocycles. The maximum atomic E-state index is 9.27. The van der Waals surface area contributed by atoms with Crippen molar-refractivity contribution in [1.29, 1.82) is 0 Å². The fourth-order valence-electron chi connectivity index (χ4n) is 2.14. The van der Waals surface area contributed by atoms with Gasteiger partial charge in [-0.1, -0.05) is 29.8 Å². The summed E-state index contributed by atoms with van der Waals surface area (Å²) in [5.41, 5.74) is 2.27. The molecular formula is C15H14BrClN4O. The minimum absolute atomic E-state index is 0.0215. The average Bonchev–Trinajstić information content (AvgIpc) is 2.89. The number of aliphatic hydroxyl groups excluding tert-OH is 1. The van der Waals surface area contributed by atoms with E-state index in [9.17, 15) is 5.11 Å². The van der Waals surface area contributed by atoms with E-state index in [1.165, 1.54) is 0 Å². The van der Waals surface area contributed by atoms with Crippen molar-refractivity contribution >= 4 is 39.0 Å². The van der Waals surface area contributed by atoms with Crippen LogP contribution in [0.4, 0.5) is 5.82 Å². The van der Waals surface area contributed by atoms with Crippen molar-refractivity contribution in [3.63, 3.8) is 0 Å². The van der Waals surface area contributed by atoms with E-state index in [-0.39, 0.29) is 12.6 Å². The largest absolute Gasteiger partial charge is 0.394 e. The Hall–Kier alpha value is -1.63. The Kier molecular flexibility index (Phi) is 4.33. The van der Waals surface area contributed by atoms with E-state index in [0.717, 1.165) is 21.5 Å². The molecular weight excluding hydrogens is 368 g/mol. The van der Waals surface area contributed by atoms with E-state index < -0.39 is 0 Å². The normalized spacial score (nSPS) is 12.5. The number of hydrogen-bond acceptors (Lipinski definition) is 4. The van der Waals surface area contributed by atoms with Crippen LogP contribution in [-0.4, -0.2) is 32.4 Å². The van der Waals surface area contributed by atoms with Crippen LogP contribution in [0.25, 0.3) is 16.9 Å². The van der Waals surface area contributed by atoms with Crippen LogP contribution < -0.4 is 5.32 Å². The molecule has 2 N–H and O–H groups in total. The zero-order valence-corrected chi connectivity index (χ0v) is 14.1. The van der Waals surface area contributed by atoms with Gasteiger partial charge in [-0.25, -0.2) is 4.98 Å². The zero-order valence-electron chi connectivity index (χ0n) is 11.8. The molecule has 0 fully saturated rings. The molecule has 0 saturated carbocycles. The van der Waals surface area contributed by atoms with Crippen LogP contribution in [0, 0.1) is 0 Å². The summed E-state index contributed by atoms with van der Waals surface area (Å²) in [5.74, 6) is 0.743. The molecule has 3 aromatic rings. The van der Waals surface area contributed by atoms with Gasteiger partial charge in [-0.15, -0.1) is 0 Å². The molecule has 22 heavy (non-hydrogen) atoms. The molecule has 7 heteroatoms. The summed E-state index contributed by atoms with van der Waals surface area (Å²) in [4.78, 5) is 4.63. The topological polar surface area (TPSA) is 62.5 Å². The van der Waals surface area contributed by atoms with Gasteiger partial charge in [-0.3, -0.25) is 0 Å². The summed E-state index contributed by atoms with van der Waals surface area (Å²) in [5, 5.41) is 17.4. The number of anilines is 1. The molecule has 0 saturated heterocycles. The maximum absolute atomic E-state index is 9.27. The zero-order chi connectivity index (χ0) is 15.7. The third-order valence-corrected chi connectivity index (χ3v) is 4.14. The van der Waals surface area contributed by atoms with Gasteiger partial charge in [0, 0.05) is 22.7 Å². The van der Waals surface area contributed by atoms with E-state index >= 15 is 0 Å². The summed E-state index contributed by atoms with van der Waals surface area (Å²) >= 11 is 9.73. The van der Waals surface area contributed by atoms with E-state index in [2.05, 4.69) is 31.3 Å². The van der Waals surface area contributed by atoms with Crippen molar-refractivity contribution < 1.29 is 5.11 Å². The van der Waals surface area contributed by atoms with Gasteiger partial charge < -0.3 is 10.4 Å². The molecule has 0 amide bonds. The first-order chi connectivity index (χ1) is 10.6. The van der Waals surface area contributed by atoms with E-state index in [1.54, 1.807) is 10.7 Å². The third kappa shape index (κ3) is 2.82. The van der Waals surface area contributed by atoms with E-state index in [0.29, 0.717) is 10.7 Å². The molecule has 0 aliphatic heterocycles. The molecule has 5 nitrogen and oxygen atoms in total. The SMILES string of the molecule is C[C@H](CO)Nc1cc(-c2ccccc2Cl)nc2c(Br)cnn12. The molecule has 2 heterocycles. The smallest absolute Gasteiger partial charge is 0.172 e. The highest BCUT2D eigenvalue weighted by Crippen LogP contribution is 2.30. The van der Waals surface area contributed by atoms with Crippen LogP contribution >= 0.6 is 27.5 Å². The highest BCUT2D eigenvalue weighted by atomic mass is 79.9. The molecule has 1 atom stereocenters. The molecule has 114 valence electrons. The van der Waals surface area contributed by atoms with Crippen molar-refractivity contribution in [3.8, 4) is 11.3 Å². The van der Waals surface area contributed by atoms with Gasteiger partial charge in [-0.2, -0.15) is 9.61 Å². The van der Waals surface area contributed by atoms with Gasteiger partial charge in [0.15, 0.2) is 5.65 Å². The summed E-state index contributed by atoms with van der Waals surface area (Å²) in [6.45, 7) is 1.91. The second kappa shape index (κ2) is 6.24. The fraction of sp³-hybridized carbons (Fsp3) is 0.200. The minimum atomic E-state index is -0.104. The standard InChI is InChI=1S/C15H14BrClN4O/c1-9(8-22)19-14-6-13(10-4-2-3-5-12(10)17)20-15-11(16)7-18-21(14)15/h2-7,9,19,22H,8H2,1H3/t9-/m1/s1. The lowest BCUT2D eigenvalue weighted by Crippen LogP contribution is -2.21. The summed E-state index contributed by atoms with van der Waals surface area (Å²) in [6.07, 6.45) is 1.69. The first-order valence-electron chi connectivity index (χ1n) is 6.76. The van der Waals surface area contributed by atoms with Crippen LogP contribution in [-0.2, 0) is 0 Å². The van der Waals surface area contributed by atoms with E-state index in [4.69, 9.17) is 11.6 Å². The molecule has 2 aromatic heterocycles. The molecule has 0 aliphatic rings. The van der Waals surface area contributed by atoms with E-state index in [1.807, 2.05) is 37.3 Å². The average molecular weight is 382 g/mol. The number of nitrogens with zero attached hydrogens (tertiary/aromatic N) is 3. The van der Waals surface area contributed by atoms with Gasteiger partial charge in [0.2, 0.25) is 0 Å². The number of aliphatic hydroxyl groups is 1. The van der Waals surface area contributed by atoms with Crippen molar-refractivity contribution in [2.24, 2.45) is 0 Å². The number of nitrogens with one attached hydrogen (secondary N) is 1. The van der Waals surface area contributed by atoms with Gasteiger partial charge >= 0.3 is 0 Å². The van der Waals surface area contributed by atoms with Crippen molar-refractivity contribution in [3.05, 3.63) is 46.0 Å². The number of rotatable bonds is 4. The molecule has 1 aromatic carbocycles. The number of halogens is 2. The lowest BCUT2D eigenvalue weighted by molar-refractivity contribution is 0.281. The number of hydrogen-bond donors (Lipinski definition) is 2. The van der Waals surface area contributed by atoms with Crippen LogP contribution in [0.5, 0.6) is 0 Å². The molecule has 3 rings (SSSR count). The second-order valence-electron chi connectivity index (χ2n) is 4.96. The number of benzene rings is 1. The highest BCUT2D eigenvalue weighted by molar-refractivity contribution is 9.10. The van der Waals surface area contributed by atoms with Crippen LogP contribution in [0.3, 0.4) is 0 Å². The fourth-order valence-corrected chi connectivity index (χ4v) is 2.72. The first kappa shape index (κ1) is 15.3. The van der Waals surface area contributed by atoms with Crippen LogP contribution in [0.1, 0.15) is 6.92 Å². The summed E-state index contributed by atoms with van der Waals surface area (Å²) < 4.78 is 2.48. The lowest BCUT2D eigenvalue weighted by Gasteiger charge is -2.15. The molecule has 0 unspecified atom stereocenters. The van der Waals surface area contributed by atoms with Gasteiger partial charge in [0.05, 0.1) is 23.0 Å². The maximum Gasteiger partial charge on any atom is 0.172 e. The van der Waals surface area contributed by atoms with Gasteiger partial charge in [0.25, 0.3) is 0 Å². The molecule has 0 spiro atoms. The quantitative estimate of drug-likeness (QED) is 0.725. The monoisotopic (exact) mass is 380 g/mol. The van der Waals surface area contributed by atoms with Crippen molar-refractivity contribution in [1.82, 2.24) is 14.6 Å². The Morgan fingerprint density at radius 2 is 2.18 bits per heavy atom. The Morgan fingerprint density at radius 1 is 1.41 bits per heavy atom. The van der Waals surface area contributed by atoms with Crippen molar-refractivity contribution in [2.75, 3.05) is 11.9 Å². The minimum Gasteiger partial charge on any atom is -0.394 e. The van der Waals surface area contributed by atoms with Crippen LogP contribution in [0.15, 0.2) is 41.0 Å². The second-order valence-corrected chi connectivity index (χ2v) is 6.22. The van der Waals surface area contributed by atoms with Gasteiger partial charge in [-0.05, 0) is 28.9 Å². The van der Waals surface area contributed by atoms with Crippen molar-refractivity contribution in [2.45, 2.75) is 13.0 Å². The molecule has 0 radical (unpaired) electrons. The predicted octanol–water partition coefficient (Wildman–Crippen LogP) is 3.60. The Balaban J connectivity index is 2.19. The lowest BCUT2D eigenvalue weighted by atomic mass is 10.1. The summed E-state index contributed by atoms with van der Waals surface area (Å²) in [6, 6.07) is 9.32. The number of fused-ring (bicyclic) bond motifs is 1.